The molecule has 5 heteroatoms. The largest absolute Gasteiger partial charge is 0.508 e. The van der Waals surface area contributed by atoms with Gasteiger partial charge in [-0.25, -0.2) is 0 Å². The highest BCUT2D eigenvalue weighted by atomic mass is 79.9. The number of rotatable bonds is 3. The summed E-state index contributed by atoms with van der Waals surface area (Å²) in [5, 5.41) is 9.69. The molecule has 0 aromatic heterocycles. The van der Waals surface area contributed by atoms with Crippen LogP contribution in [0.3, 0.4) is 0 Å². The van der Waals surface area contributed by atoms with Gasteiger partial charge in [-0.2, -0.15) is 0 Å². The summed E-state index contributed by atoms with van der Waals surface area (Å²) in [6.07, 6.45) is 0.647. The quantitative estimate of drug-likeness (QED) is 0.799. The van der Waals surface area contributed by atoms with Gasteiger partial charge in [0.05, 0.1) is 0 Å². The van der Waals surface area contributed by atoms with Crippen molar-refractivity contribution < 1.29 is 5.11 Å². The lowest BCUT2D eigenvalue weighted by molar-refractivity contribution is 0.458. The molecular formula is C9H12Br2N2O. The Balaban J connectivity index is 3.07. The SMILES string of the molecule is NCC[C@@H](N)c1c(O)cc(Br)cc1Br. The summed E-state index contributed by atoms with van der Waals surface area (Å²) in [5.74, 6) is 0.187. The number of benzene rings is 1. The van der Waals surface area contributed by atoms with E-state index in [4.69, 9.17) is 11.5 Å². The van der Waals surface area contributed by atoms with Gasteiger partial charge in [0.25, 0.3) is 0 Å². The lowest BCUT2D eigenvalue weighted by atomic mass is 10.0. The zero-order valence-electron chi connectivity index (χ0n) is 7.50. The van der Waals surface area contributed by atoms with Crippen molar-refractivity contribution >= 4 is 31.9 Å². The van der Waals surface area contributed by atoms with Crippen LogP contribution in [0.1, 0.15) is 18.0 Å². The molecule has 0 heterocycles. The Hall–Kier alpha value is -0.100. The predicted octanol–water partition coefficient (Wildman–Crippen LogP) is 2.27. The van der Waals surface area contributed by atoms with E-state index in [9.17, 15) is 5.11 Å². The third-order valence-corrected chi connectivity index (χ3v) is 3.03. The van der Waals surface area contributed by atoms with Gasteiger partial charge < -0.3 is 16.6 Å². The monoisotopic (exact) mass is 322 g/mol. The first-order valence-corrected chi connectivity index (χ1v) is 5.78. The highest BCUT2D eigenvalue weighted by Gasteiger charge is 2.14. The molecular weight excluding hydrogens is 312 g/mol. The Bertz CT molecular complexity index is 308. The molecule has 1 atom stereocenters. The smallest absolute Gasteiger partial charge is 0.122 e. The van der Waals surface area contributed by atoms with Crippen LogP contribution in [-0.4, -0.2) is 11.7 Å². The molecule has 0 aliphatic carbocycles. The summed E-state index contributed by atoms with van der Waals surface area (Å²) < 4.78 is 1.61. The molecule has 78 valence electrons. The first-order valence-electron chi connectivity index (χ1n) is 4.19. The van der Waals surface area contributed by atoms with E-state index < -0.39 is 0 Å². The molecule has 14 heavy (non-hydrogen) atoms. The molecule has 0 unspecified atom stereocenters. The minimum Gasteiger partial charge on any atom is -0.508 e. The lowest BCUT2D eigenvalue weighted by Gasteiger charge is -2.14. The molecule has 0 aliphatic heterocycles. The second-order valence-corrected chi connectivity index (χ2v) is 4.77. The summed E-state index contributed by atoms with van der Waals surface area (Å²) >= 11 is 6.64. The highest BCUT2D eigenvalue weighted by Crippen LogP contribution is 2.34. The Kier molecular flexibility index (Phi) is 4.37. The van der Waals surface area contributed by atoms with Gasteiger partial charge in [-0.3, -0.25) is 0 Å². The molecule has 0 amide bonds. The zero-order chi connectivity index (χ0) is 10.7. The van der Waals surface area contributed by atoms with Gasteiger partial charge in [-0.1, -0.05) is 31.9 Å². The van der Waals surface area contributed by atoms with Gasteiger partial charge in [-0.05, 0) is 25.1 Å². The van der Waals surface area contributed by atoms with E-state index in [0.717, 1.165) is 8.95 Å². The van der Waals surface area contributed by atoms with Crippen LogP contribution in [0.15, 0.2) is 21.1 Å². The van der Waals surface area contributed by atoms with Crippen molar-refractivity contribution in [3.63, 3.8) is 0 Å². The van der Waals surface area contributed by atoms with Gasteiger partial charge in [-0.15, -0.1) is 0 Å². The number of phenolic OH excluding ortho intramolecular Hbond substituents is 1. The van der Waals surface area contributed by atoms with Crippen molar-refractivity contribution in [2.75, 3.05) is 6.54 Å². The van der Waals surface area contributed by atoms with Crippen molar-refractivity contribution in [3.8, 4) is 5.75 Å². The maximum atomic E-state index is 9.69. The van der Waals surface area contributed by atoms with Crippen molar-refractivity contribution in [1.82, 2.24) is 0 Å². The second-order valence-electron chi connectivity index (χ2n) is 3.00. The van der Waals surface area contributed by atoms with E-state index in [0.29, 0.717) is 18.5 Å². The topological polar surface area (TPSA) is 72.3 Å². The molecule has 1 aromatic carbocycles. The average Bonchev–Trinajstić information content (AvgIpc) is 2.01. The Morgan fingerprint density at radius 3 is 2.50 bits per heavy atom. The highest BCUT2D eigenvalue weighted by molar-refractivity contribution is 9.11. The molecule has 0 saturated carbocycles. The molecule has 0 fully saturated rings. The van der Waals surface area contributed by atoms with Gasteiger partial charge in [0.1, 0.15) is 5.75 Å². The van der Waals surface area contributed by atoms with Gasteiger partial charge in [0, 0.05) is 20.6 Å². The van der Waals surface area contributed by atoms with Crippen molar-refractivity contribution in [1.29, 1.82) is 0 Å². The molecule has 0 aliphatic rings. The standard InChI is InChI=1S/C9H12Br2N2O/c10-5-3-6(11)9(8(14)4-5)7(13)1-2-12/h3-4,7,14H,1-2,12-13H2/t7-/m1/s1. The van der Waals surface area contributed by atoms with Crippen molar-refractivity contribution in [2.24, 2.45) is 11.5 Å². The normalized spacial score (nSPS) is 12.9. The van der Waals surface area contributed by atoms with E-state index in [-0.39, 0.29) is 11.8 Å². The third-order valence-electron chi connectivity index (χ3n) is 1.92. The second kappa shape index (κ2) is 5.11. The molecule has 5 N–H and O–H groups in total. The third kappa shape index (κ3) is 2.70. The summed E-state index contributed by atoms with van der Waals surface area (Å²) in [7, 11) is 0. The van der Waals surface area contributed by atoms with Crippen molar-refractivity contribution in [2.45, 2.75) is 12.5 Å². The molecule has 0 bridgehead atoms. The Labute approximate surface area is 99.7 Å². The van der Waals surface area contributed by atoms with E-state index in [1.54, 1.807) is 6.07 Å². The molecule has 1 rings (SSSR count). The average molecular weight is 324 g/mol. The van der Waals surface area contributed by atoms with Gasteiger partial charge in [0.15, 0.2) is 0 Å². The minimum atomic E-state index is -0.234. The van der Waals surface area contributed by atoms with Crippen LogP contribution >= 0.6 is 31.9 Å². The fourth-order valence-electron chi connectivity index (χ4n) is 1.26. The van der Waals surface area contributed by atoms with Crippen LogP contribution in [0.25, 0.3) is 0 Å². The fourth-order valence-corrected chi connectivity index (χ4v) is 2.76. The van der Waals surface area contributed by atoms with Gasteiger partial charge >= 0.3 is 0 Å². The van der Waals surface area contributed by atoms with Crippen LogP contribution in [0.4, 0.5) is 0 Å². The van der Waals surface area contributed by atoms with Gasteiger partial charge in [0.2, 0.25) is 0 Å². The van der Waals surface area contributed by atoms with Crippen LogP contribution in [0, 0.1) is 0 Å². The number of halogens is 2. The summed E-state index contributed by atoms with van der Waals surface area (Å²) in [5.41, 5.74) is 12.0. The maximum absolute atomic E-state index is 9.69. The Morgan fingerprint density at radius 2 is 2.00 bits per heavy atom. The summed E-state index contributed by atoms with van der Waals surface area (Å²) in [6, 6.07) is 3.24. The maximum Gasteiger partial charge on any atom is 0.122 e. The predicted molar refractivity (Wildman–Crippen MR) is 64.1 cm³/mol. The molecule has 0 radical (unpaired) electrons. The van der Waals surface area contributed by atoms with E-state index >= 15 is 0 Å². The van der Waals surface area contributed by atoms with E-state index in [2.05, 4.69) is 31.9 Å². The van der Waals surface area contributed by atoms with E-state index in [1.807, 2.05) is 6.07 Å². The molecule has 1 aromatic rings. The molecule has 0 spiro atoms. The van der Waals surface area contributed by atoms with Crippen LogP contribution < -0.4 is 11.5 Å². The molecule has 0 saturated heterocycles. The minimum absolute atomic E-state index is 0.187. The van der Waals surface area contributed by atoms with Crippen LogP contribution in [0.2, 0.25) is 0 Å². The molecule has 3 nitrogen and oxygen atoms in total. The number of aromatic hydroxyl groups is 1. The number of hydrogen-bond acceptors (Lipinski definition) is 3. The van der Waals surface area contributed by atoms with Crippen LogP contribution in [0.5, 0.6) is 5.75 Å². The number of nitrogens with two attached hydrogens (primary N) is 2. The number of hydrogen-bond donors (Lipinski definition) is 3. The van der Waals surface area contributed by atoms with Crippen LogP contribution in [-0.2, 0) is 0 Å². The first-order chi connectivity index (χ1) is 6.56. The summed E-state index contributed by atoms with van der Waals surface area (Å²) in [6.45, 7) is 0.503. The first kappa shape index (κ1) is 12.0. The zero-order valence-corrected chi connectivity index (χ0v) is 10.7. The summed E-state index contributed by atoms with van der Waals surface area (Å²) in [4.78, 5) is 0. The lowest BCUT2D eigenvalue weighted by Crippen LogP contribution is -2.16. The Morgan fingerprint density at radius 1 is 1.36 bits per heavy atom. The van der Waals surface area contributed by atoms with Crippen molar-refractivity contribution in [3.05, 3.63) is 26.6 Å². The number of phenols is 1. The van der Waals surface area contributed by atoms with E-state index in [1.165, 1.54) is 0 Å². The fraction of sp³-hybridized carbons (Fsp3) is 0.333.